The maximum Gasteiger partial charge on any atom is 0.0375 e. The van der Waals surface area contributed by atoms with Crippen molar-refractivity contribution in [3.05, 3.63) is 29.1 Å². The number of thiophene rings is 1. The van der Waals surface area contributed by atoms with Crippen LogP contribution in [0.5, 0.6) is 0 Å². The Balaban J connectivity index is 1.80. The predicted molar refractivity (Wildman–Crippen MR) is 78.8 cm³/mol. The first kappa shape index (κ1) is 10.8. The van der Waals surface area contributed by atoms with Crippen LogP contribution < -0.4 is 10.2 Å². The normalized spacial score (nSPS) is 29.6. The SMILES string of the molecule is CN(C)c1ccc2cc(C34CNCC3C4)sc2c1. The standard InChI is InChI=1S/C15H18N2S/c1-17(2)12-4-3-10-5-14(18-13(10)6-12)15-7-11(15)8-16-9-15/h3-6,11,16H,7-9H2,1-2H3. The van der Waals surface area contributed by atoms with Gasteiger partial charge in [0.1, 0.15) is 0 Å². The van der Waals surface area contributed by atoms with Crippen molar-refractivity contribution in [2.24, 2.45) is 5.92 Å². The predicted octanol–water partition coefficient (Wildman–Crippen LogP) is 2.83. The summed E-state index contributed by atoms with van der Waals surface area (Å²) in [5.41, 5.74) is 1.80. The average molecular weight is 258 g/mol. The Labute approximate surface area is 112 Å². The Morgan fingerprint density at radius 2 is 2.22 bits per heavy atom. The highest BCUT2D eigenvalue weighted by Crippen LogP contribution is 2.58. The summed E-state index contributed by atoms with van der Waals surface area (Å²) in [5, 5.41) is 4.94. The highest BCUT2D eigenvalue weighted by molar-refractivity contribution is 7.19. The van der Waals surface area contributed by atoms with Gasteiger partial charge in [-0.3, -0.25) is 0 Å². The third-order valence-corrected chi connectivity index (χ3v) is 5.89. The quantitative estimate of drug-likeness (QED) is 0.891. The van der Waals surface area contributed by atoms with Gasteiger partial charge in [0.25, 0.3) is 0 Å². The van der Waals surface area contributed by atoms with Gasteiger partial charge in [0.2, 0.25) is 0 Å². The van der Waals surface area contributed by atoms with Crippen LogP contribution in [-0.2, 0) is 5.41 Å². The van der Waals surface area contributed by atoms with Crippen molar-refractivity contribution in [3.8, 4) is 0 Å². The molecule has 0 radical (unpaired) electrons. The van der Waals surface area contributed by atoms with Gasteiger partial charge in [0, 0.05) is 41.3 Å². The van der Waals surface area contributed by atoms with Gasteiger partial charge in [-0.25, -0.2) is 0 Å². The molecular formula is C15H18N2S. The molecule has 1 saturated heterocycles. The molecule has 1 saturated carbocycles. The maximum absolute atomic E-state index is 3.53. The number of fused-ring (bicyclic) bond motifs is 2. The molecule has 0 amide bonds. The fraction of sp³-hybridized carbons (Fsp3) is 0.467. The molecule has 94 valence electrons. The highest BCUT2D eigenvalue weighted by atomic mass is 32.1. The van der Waals surface area contributed by atoms with E-state index in [1.54, 1.807) is 4.88 Å². The maximum atomic E-state index is 3.53. The summed E-state index contributed by atoms with van der Waals surface area (Å²) in [6, 6.07) is 9.22. The smallest absolute Gasteiger partial charge is 0.0375 e. The number of benzene rings is 1. The molecule has 2 unspecified atom stereocenters. The molecule has 1 aliphatic heterocycles. The third-order valence-electron chi connectivity index (χ3n) is 4.57. The fourth-order valence-corrected chi connectivity index (χ4v) is 4.64. The Bertz CT molecular complexity index is 616. The highest BCUT2D eigenvalue weighted by Gasteiger charge is 2.58. The minimum Gasteiger partial charge on any atom is -0.378 e. The number of hydrogen-bond acceptors (Lipinski definition) is 3. The summed E-state index contributed by atoms with van der Waals surface area (Å²) in [6.45, 7) is 2.40. The van der Waals surface area contributed by atoms with Gasteiger partial charge in [-0.2, -0.15) is 0 Å². The van der Waals surface area contributed by atoms with Crippen molar-refractivity contribution >= 4 is 27.1 Å². The van der Waals surface area contributed by atoms with E-state index >= 15 is 0 Å². The summed E-state index contributed by atoms with van der Waals surface area (Å²) in [7, 11) is 4.21. The lowest BCUT2D eigenvalue weighted by Crippen LogP contribution is -2.18. The molecule has 2 fully saturated rings. The van der Waals surface area contributed by atoms with Crippen LogP contribution in [0, 0.1) is 5.92 Å². The first-order chi connectivity index (χ1) is 8.69. The van der Waals surface area contributed by atoms with Gasteiger partial charge in [0.05, 0.1) is 0 Å². The molecule has 1 aliphatic carbocycles. The van der Waals surface area contributed by atoms with Crippen LogP contribution in [0.2, 0.25) is 0 Å². The molecule has 2 aromatic rings. The van der Waals surface area contributed by atoms with Gasteiger partial charge < -0.3 is 10.2 Å². The van der Waals surface area contributed by atoms with E-state index in [0.29, 0.717) is 5.41 Å². The molecule has 18 heavy (non-hydrogen) atoms. The molecule has 1 aromatic carbocycles. The lowest BCUT2D eigenvalue weighted by Gasteiger charge is -2.11. The fourth-order valence-electron chi connectivity index (χ4n) is 3.27. The topological polar surface area (TPSA) is 15.3 Å². The minimum atomic E-state index is 0.502. The summed E-state index contributed by atoms with van der Waals surface area (Å²) >= 11 is 2.00. The summed E-state index contributed by atoms with van der Waals surface area (Å²) < 4.78 is 1.43. The van der Waals surface area contributed by atoms with Gasteiger partial charge in [-0.05, 0) is 42.5 Å². The molecule has 2 aliphatic rings. The van der Waals surface area contributed by atoms with E-state index < -0.39 is 0 Å². The molecule has 2 heterocycles. The monoisotopic (exact) mass is 258 g/mol. The third kappa shape index (κ3) is 1.38. The van der Waals surface area contributed by atoms with Crippen LogP contribution in [0.15, 0.2) is 24.3 Å². The van der Waals surface area contributed by atoms with E-state index in [-0.39, 0.29) is 0 Å². The number of piperidine rings is 1. The summed E-state index contributed by atoms with van der Waals surface area (Å²) in [6.07, 6.45) is 1.40. The van der Waals surface area contributed by atoms with Gasteiger partial charge >= 0.3 is 0 Å². The van der Waals surface area contributed by atoms with Crippen LogP contribution >= 0.6 is 11.3 Å². The lowest BCUT2D eigenvalue weighted by atomic mass is 10.0. The van der Waals surface area contributed by atoms with E-state index in [9.17, 15) is 0 Å². The molecule has 1 aromatic heterocycles. The van der Waals surface area contributed by atoms with Crippen LogP contribution in [0.25, 0.3) is 10.1 Å². The van der Waals surface area contributed by atoms with E-state index in [2.05, 4.69) is 48.6 Å². The second-order valence-corrected chi connectivity index (χ2v) is 7.00. The largest absolute Gasteiger partial charge is 0.378 e. The van der Waals surface area contributed by atoms with E-state index in [4.69, 9.17) is 0 Å². The second-order valence-electron chi connectivity index (χ2n) is 5.92. The molecule has 4 rings (SSSR count). The number of rotatable bonds is 2. The molecule has 0 bridgehead atoms. The lowest BCUT2D eigenvalue weighted by molar-refractivity contribution is 0.686. The minimum absolute atomic E-state index is 0.502. The molecule has 1 N–H and O–H groups in total. The second kappa shape index (κ2) is 3.49. The van der Waals surface area contributed by atoms with Crippen LogP contribution in [0.3, 0.4) is 0 Å². The molecule has 2 atom stereocenters. The molecule has 2 nitrogen and oxygen atoms in total. The zero-order valence-electron chi connectivity index (χ0n) is 10.9. The first-order valence-corrected chi connectivity index (χ1v) is 7.43. The van der Waals surface area contributed by atoms with Crippen molar-refractivity contribution in [1.82, 2.24) is 5.32 Å². The van der Waals surface area contributed by atoms with Crippen molar-refractivity contribution in [1.29, 1.82) is 0 Å². The number of nitrogens with one attached hydrogen (secondary N) is 1. The summed E-state index contributed by atoms with van der Waals surface area (Å²) in [5.74, 6) is 0.902. The number of anilines is 1. The van der Waals surface area contributed by atoms with Crippen molar-refractivity contribution in [2.45, 2.75) is 11.8 Å². The number of nitrogens with zero attached hydrogens (tertiary/aromatic N) is 1. The Morgan fingerprint density at radius 3 is 2.89 bits per heavy atom. The van der Waals surface area contributed by atoms with Crippen LogP contribution in [-0.4, -0.2) is 27.2 Å². The summed E-state index contributed by atoms with van der Waals surface area (Å²) in [4.78, 5) is 3.78. The molecular weight excluding hydrogens is 240 g/mol. The van der Waals surface area contributed by atoms with Gasteiger partial charge in [-0.1, -0.05) is 6.07 Å². The van der Waals surface area contributed by atoms with Crippen molar-refractivity contribution in [2.75, 3.05) is 32.1 Å². The Kier molecular flexibility index (Phi) is 2.10. The van der Waals surface area contributed by atoms with Crippen LogP contribution in [0.4, 0.5) is 5.69 Å². The average Bonchev–Trinajstić information content (AvgIpc) is 2.76. The number of hydrogen-bond donors (Lipinski definition) is 1. The zero-order chi connectivity index (χ0) is 12.3. The van der Waals surface area contributed by atoms with E-state index in [1.807, 2.05) is 11.3 Å². The van der Waals surface area contributed by atoms with E-state index in [0.717, 1.165) is 5.92 Å². The van der Waals surface area contributed by atoms with Gasteiger partial charge in [-0.15, -0.1) is 11.3 Å². The van der Waals surface area contributed by atoms with E-state index in [1.165, 1.54) is 35.3 Å². The molecule has 0 spiro atoms. The Morgan fingerprint density at radius 1 is 1.33 bits per heavy atom. The van der Waals surface area contributed by atoms with Crippen molar-refractivity contribution < 1.29 is 0 Å². The zero-order valence-corrected chi connectivity index (χ0v) is 11.7. The van der Waals surface area contributed by atoms with Crippen molar-refractivity contribution in [3.63, 3.8) is 0 Å². The first-order valence-electron chi connectivity index (χ1n) is 6.61. The Hall–Kier alpha value is -1.06. The molecule has 3 heteroatoms. The van der Waals surface area contributed by atoms with Crippen LogP contribution in [0.1, 0.15) is 11.3 Å². The van der Waals surface area contributed by atoms with Gasteiger partial charge in [0.15, 0.2) is 0 Å².